The molecule has 0 N–H and O–H groups in total. The molecule has 0 bridgehead atoms. The quantitative estimate of drug-likeness (QED) is 0.723. The van der Waals surface area contributed by atoms with Gasteiger partial charge in [0.2, 0.25) is 0 Å². The standard InChI is InChI=1S/C12H25NO2S/c1-6-7-16(15)12(14)13(8-10(2)3)9-11(4)5/h10-11H,6-9H2,1-5H3. The highest BCUT2D eigenvalue weighted by atomic mass is 32.2. The first-order valence-electron chi connectivity index (χ1n) is 6.05. The molecule has 0 aliphatic carbocycles. The Morgan fingerprint density at radius 2 is 1.56 bits per heavy atom. The van der Waals surface area contributed by atoms with Crippen molar-refractivity contribution in [3.8, 4) is 0 Å². The van der Waals surface area contributed by atoms with Gasteiger partial charge in [-0.1, -0.05) is 34.6 Å². The third-order valence-corrected chi connectivity index (χ3v) is 3.44. The molecule has 16 heavy (non-hydrogen) atoms. The maximum absolute atomic E-state index is 11.9. The molecule has 1 amide bonds. The minimum Gasteiger partial charge on any atom is -0.331 e. The number of hydrogen-bond acceptors (Lipinski definition) is 2. The van der Waals surface area contributed by atoms with Crippen LogP contribution in [0.25, 0.3) is 0 Å². The van der Waals surface area contributed by atoms with E-state index in [9.17, 15) is 9.00 Å². The summed E-state index contributed by atoms with van der Waals surface area (Å²) in [5, 5.41) is -0.191. The molecule has 0 aromatic rings. The molecule has 0 fully saturated rings. The Morgan fingerprint density at radius 1 is 1.12 bits per heavy atom. The van der Waals surface area contributed by atoms with E-state index in [1.165, 1.54) is 0 Å². The normalized spacial score (nSPS) is 13.2. The molecule has 0 aliphatic rings. The summed E-state index contributed by atoms with van der Waals surface area (Å²) < 4.78 is 11.7. The summed E-state index contributed by atoms with van der Waals surface area (Å²) in [4.78, 5) is 13.7. The molecule has 3 nitrogen and oxygen atoms in total. The Morgan fingerprint density at radius 3 is 1.88 bits per heavy atom. The third kappa shape index (κ3) is 6.26. The van der Waals surface area contributed by atoms with E-state index in [4.69, 9.17) is 0 Å². The lowest BCUT2D eigenvalue weighted by atomic mass is 10.1. The van der Waals surface area contributed by atoms with Gasteiger partial charge in [0, 0.05) is 18.8 Å². The minimum atomic E-state index is -1.34. The van der Waals surface area contributed by atoms with Gasteiger partial charge in [-0.25, -0.2) is 4.21 Å². The number of hydrogen-bond donors (Lipinski definition) is 0. The first-order chi connectivity index (χ1) is 7.38. The second-order valence-electron chi connectivity index (χ2n) is 5.01. The van der Waals surface area contributed by atoms with Crippen molar-refractivity contribution in [1.29, 1.82) is 0 Å². The Hall–Kier alpha value is -0.380. The zero-order chi connectivity index (χ0) is 12.7. The van der Waals surface area contributed by atoms with E-state index < -0.39 is 10.8 Å². The summed E-state index contributed by atoms with van der Waals surface area (Å²) >= 11 is 0. The molecular weight excluding hydrogens is 222 g/mol. The Balaban J connectivity index is 4.48. The van der Waals surface area contributed by atoms with E-state index in [1.807, 2.05) is 6.92 Å². The summed E-state index contributed by atoms with van der Waals surface area (Å²) in [6.07, 6.45) is 0.787. The molecule has 0 aromatic carbocycles. The van der Waals surface area contributed by atoms with Crippen LogP contribution in [-0.4, -0.2) is 33.2 Å². The maximum Gasteiger partial charge on any atom is 0.311 e. The highest BCUT2D eigenvalue weighted by Gasteiger charge is 2.21. The lowest BCUT2D eigenvalue weighted by molar-refractivity contribution is 0.206. The van der Waals surface area contributed by atoms with Gasteiger partial charge in [-0.2, -0.15) is 0 Å². The Labute approximate surface area is 102 Å². The van der Waals surface area contributed by atoms with Gasteiger partial charge in [0.1, 0.15) is 10.8 Å². The molecule has 1 unspecified atom stereocenters. The van der Waals surface area contributed by atoms with Gasteiger partial charge in [-0.05, 0) is 18.3 Å². The van der Waals surface area contributed by atoms with Crippen LogP contribution < -0.4 is 0 Å². The van der Waals surface area contributed by atoms with Gasteiger partial charge < -0.3 is 4.90 Å². The fourth-order valence-corrected chi connectivity index (χ4v) is 2.50. The summed E-state index contributed by atoms with van der Waals surface area (Å²) in [6.45, 7) is 11.6. The van der Waals surface area contributed by atoms with E-state index >= 15 is 0 Å². The molecule has 0 spiro atoms. The zero-order valence-electron chi connectivity index (χ0n) is 11.2. The number of amides is 1. The zero-order valence-corrected chi connectivity index (χ0v) is 12.0. The topological polar surface area (TPSA) is 37.4 Å². The van der Waals surface area contributed by atoms with Crippen LogP contribution >= 0.6 is 0 Å². The molecule has 0 rings (SSSR count). The van der Waals surface area contributed by atoms with Crippen molar-refractivity contribution in [2.24, 2.45) is 11.8 Å². The van der Waals surface area contributed by atoms with Crippen molar-refractivity contribution in [3.05, 3.63) is 0 Å². The third-order valence-electron chi connectivity index (χ3n) is 2.01. The molecule has 96 valence electrons. The van der Waals surface area contributed by atoms with Crippen molar-refractivity contribution in [1.82, 2.24) is 4.90 Å². The summed E-state index contributed by atoms with van der Waals surface area (Å²) in [7, 11) is -1.34. The molecule has 0 heterocycles. The average molecular weight is 247 g/mol. The molecule has 0 aromatic heterocycles. The van der Waals surface area contributed by atoms with E-state index in [0.717, 1.165) is 6.42 Å². The van der Waals surface area contributed by atoms with Crippen molar-refractivity contribution < 1.29 is 9.00 Å². The molecule has 0 saturated carbocycles. The second kappa shape index (κ2) is 7.82. The predicted octanol–water partition coefficient (Wildman–Crippen LogP) is 2.88. The van der Waals surface area contributed by atoms with Crippen molar-refractivity contribution >= 4 is 16.0 Å². The smallest absolute Gasteiger partial charge is 0.311 e. The van der Waals surface area contributed by atoms with Crippen LogP contribution in [0.5, 0.6) is 0 Å². The van der Waals surface area contributed by atoms with E-state index in [0.29, 0.717) is 30.7 Å². The predicted molar refractivity (Wildman–Crippen MR) is 69.9 cm³/mol. The lowest BCUT2D eigenvalue weighted by Gasteiger charge is -2.25. The molecule has 4 heteroatoms. The van der Waals surface area contributed by atoms with E-state index in [2.05, 4.69) is 27.7 Å². The van der Waals surface area contributed by atoms with Gasteiger partial charge in [-0.15, -0.1) is 0 Å². The van der Waals surface area contributed by atoms with Crippen LogP contribution in [-0.2, 0) is 10.8 Å². The fraction of sp³-hybridized carbons (Fsp3) is 0.917. The average Bonchev–Trinajstić information content (AvgIpc) is 2.14. The first kappa shape index (κ1) is 15.6. The summed E-state index contributed by atoms with van der Waals surface area (Å²) in [6, 6.07) is 0. The van der Waals surface area contributed by atoms with E-state index in [1.54, 1.807) is 4.90 Å². The van der Waals surface area contributed by atoms with Gasteiger partial charge in [0.15, 0.2) is 0 Å². The van der Waals surface area contributed by atoms with Crippen molar-refractivity contribution in [2.75, 3.05) is 18.8 Å². The van der Waals surface area contributed by atoms with Crippen LogP contribution in [0.4, 0.5) is 4.79 Å². The van der Waals surface area contributed by atoms with Crippen molar-refractivity contribution in [2.45, 2.75) is 41.0 Å². The van der Waals surface area contributed by atoms with Gasteiger partial charge in [0.05, 0.1) is 0 Å². The molecule has 1 atom stereocenters. The van der Waals surface area contributed by atoms with Crippen molar-refractivity contribution in [3.63, 3.8) is 0 Å². The van der Waals surface area contributed by atoms with E-state index in [-0.39, 0.29) is 5.24 Å². The second-order valence-corrected chi connectivity index (χ2v) is 6.46. The number of rotatable bonds is 6. The molecule has 0 aliphatic heterocycles. The van der Waals surface area contributed by atoms with Gasteiger partial charge in [-0.3, -0.25) is 4.79 Å². The summed E-state index contributed by atoms with van der Waals surface area (Å²) in [5.74, 6) is 1.31. The first-order valence-corrected chi connectivity index (χ1v) is 7.37. The van der Waals surface area contributed by atoms with Gasteiger partial charge >= 0.3 is 5.24 Å². The molecular formula is C12H25NO2S. The number of nitrogens with zero attached hydrogens (tertiary/aromatic N) is 1. The molecule has 0 radical (unpaired) electrons. The van der Waals surface area contributed by atoms with Crippen LogP contribution in [0.1, 0.15) is 41.0 Å². The van der Waals surface area contributed by atoms with Crippen LogP contribution in [0.3, 0.4) is 0 Å². The number of carbonyl (C=O) groups excluding carboxylic acids is 1. The van der Waals surface area contributed by atoms with Gasteiger partial charge in [0.25, 0.3) is 0 Å². The summed E-state index contributed by atoms with van der Waals surface area (Å²) in [5.41, 5.74) is 0. The highest BCUT2D eigenvalue weighted by molar-refractivity contribution is 8.00. The Kier molecular flexibility index (Phi) is 7.64. The fourth-order valence-electron chi connectivity index (χ4n) is 1.52. The lowest BCUT2D eigenvalue weighted by Crippen LogP contribution is -2.38. The molecule has 0 saturated heterocycles. The maximum atomic E-state index is 11.9. The number of carbonyl (C=O) groups is 1. The van der Waals surface area contributed by atoms with Crippen LogP contribution in [0.15, 0.2) is 0 Å². The largest absolute Gasteiger partial charge is 0.331 e. The minimum absolute atomic E-state index is 0.191. The van der Waals surface area contributed by atoms with Crippen LogP contribution in [0.2, 0.25) is 0 Å². The monoisotopic (exact) mass is 247 g/mol. The Bertz CT molecular complexity index is 229. The SMILES string of the molecule is CCCS(=O)C(=O)N(CC(C)C)CC(C)C. The highest BCUT2D eigenvalue weighted by Crippen LogP contribution is 2.07. The van der Waals surface area contributed by atoms with Crippen LogP contribution in [0, 0.1) is 11.8 Å².